The highest BCUT2D eigenvalue weighted by molar-refractivity contribution is 14.1. The van der Waals surface area contributed by atoms with E-state index < -0.39 is 13.1 Å². The van der Waals surface area contributed by atoms with Gasteiger partial charge in [-0.1, -0.05) is 54.6 Å². The van der Waals surface area contributed by atoms with E-state index in [-0.39, 0.29) is 31.5 Å². The summed E-state index contributed by atoms with van der Waals surface area (Å²) in [5.41, 5.74) is 4.38. The number of carboxylic acid groups (broad SMARTS) is 1. The first-order valence-corrected chi connectivity index (χ1v) is 19.1. The number of halogens is 1. The molecule has 0 aliphatic rings. The van der Waals surface area contributed by atoms with Crippen molar-refractivity contribution < 1.29 is 49.2 Å². The molecule has 0 aliphatic carbocycles. The number of nitrogens with zero attached hydrogens (tertiary/aromatic N) is 2. The highest BCUT2D eigenvalue weighted by atomic mass is 127. The zero-order chi connectivity index (χ0) is 38.9. The SMILES string of the molecule is CCOC(=O)c1csc(COc2ccc(I)cc2)n1.O=C(O)c1csc(COc2ccc(-c3cccc(CO)c3)cc2)n1.OCc1cccc(B(O)O)c1. The molecule has 2 aromatic heterocycles. The lowest BCUT2D eigenvalue weighted by Crippen LogP contribution is -2.29. The number of hydrogen-bond donors (Lipinski definition) is 5. The van der Waals surface area contributed by atoms with Crippen molar-refractivity contribution in [2.45, 2.75) is 33.4 Å². The standard InChI is InChI=1S/C18H15NO4S.C13H12INO3S.C7H9BO3/c20-9-12-2-1-3-14(8-12)13-4-6-15(7-5-13)23-10-17-19-16(11-24-17)18(21)22;1-2-17-13(16)11-8-19-12(15-11)7-18-10-5-3-9(14)4-6-10;9-5-6-2-1-3-7(4-6)8(10)11/h1-8,11,20H,9-10H2,(H,21,22);3-6,8H,2,7H2,1H3;1-4,9-11H,5H2. The Morgan fingerprint density at radius 3 is 1.80 bits per heavy atom. The molecule has 280 valence electrons. The van der Waals surface area contributed by atoms with Crippen LogP contribution in [0.2, 0.25) is 0 Å². The van der Waals surface area contributed by atoms with Gasteiger partial charge in [0.1, 0.15) is 34.7 Å². The van der Waals surface area contributed by atoms with Crippen molar-refractivity contribution in [1.29, 1.82) is 0 Å². The van der Waals surface area contributed by atoms with Crippen molar-refractivity contribution in [2.24, 2.45) is 0 Å². The van der Waals surface area contributed by atoms with Gasteiger partial charge in [-0.15, -0.1) is 22.7 Å². The maximum atomic E-state index is 11.5. The molecule has 0 unspecified atom stereocenters. The number of hydrogen-bond acceptors (Lipinski definition) is 13. The summed E-state index contributed by atoms with van der Waals surface area (Å²) in [4.78, 5) is 30.4. The third-order valence-corrected chi connectivity index (χ3v) is 9.44. The van der Waals surface area contributed by atoms with E-state index in [9.17, 15) is 14.7 Å². The topological polar surface area (TPSA) is 189 Å². The summed E-state index contributed by atoms with van der Waals surface area (Å²) in [5, 5.41) is 48.7. The fourth-order valence-electron chi connectivity index (χ4n) is 4.42. The van der Waals surface area contributed by atoms with Crippen LogP contribution in [0.4, 0.5) is 0 Å². The highest BCUT2D eigenvalue weighted by Gasteiger charge is 2.12. The van der Waals surface area contributed by atoms with Gasteiger partial charge in [0.05, 0.1) is 19.8 Å². The molecule has 12 nitrogen and oxygen atoms in total. The Labute approximate surface area is 333 Å². The van der Waals surface area contributed by atoms with Crippen LogP contribution in [0.3, 0.4) is 0 Å². The molecular formula is C38H36BIN2O10S2. The molecule has 0 bridgehead atoms. The summed E-state index contributed by atoms with van der Waals surface area (Å²) in [6.07, 6.45) is 0. The van der Waals surface area contributed by atoms with Gasteiger partial charge in [0.15, 0.2) is 11.4 Å². The van der Waals surface area contributed by atoms with E-state index in [1.54, 1.807) is 36.6 Å². The quantitative estimate of drug-likeness (QED) is 0.0523. The number of aliphatic hydroxyl groups is 2. The number of thiazole rings is 2. The van der Waals surface area contributed by atoms with Crippen molar-refractivity contribution in [2.75, 3.05) is 6.61 Å². The maximum Gasteiger partial charge on any atom is 0.488 e. The number of carbonyl (C=O) groups is 2. The summed E-state index contributed by atoms with van der Waals surface area (Å²) < 4.78 is 17.3. The number of benzene rings is 4. The van der Waals surface area contributed by atoms with Gasteiger partial charge in [-0.05, 0) is 99.7 Å². The average molecular weight is 883 g/mol. The summed E-state index contributed by atoms with van der Waals surface area (Å²) >= 11 is 4.89. The number of aromatic carboxylic acids is 1. The van der Waals surface area contributed by atoms with Gasteiger partial charge in [0.25, 0.3) is 0 Å². The largest absolute Gasteiger partial charge is 0.488 e. The van der Waals surface area contributed by atoms with Gasteiger partial charge >= 0.3 is 19.1 Å². The minimum Gasteiger partial charge on any atom is -0.486 e. The van der Waals surface area contributed by atoms with Gasteiger partial charge in [-0.25, -0.2) is 19.6 Å². The number of carboxylic acids is 1. The molecule has 2 heterocycles. The highest BCUT2D eigenvalue weighted by Crippen LogP contribution is 2.24. The van der Waals surface area contributed by atoms with E-state index in [0.29, 0.717) is 40.7 Å². The maximum absolute atomic E-state index is 11.5. The Morgan fingerprint density at radius 1 is 0.722 bits per heavy atom. The second-order valence-corrected chi connectivity index (χ2v) is 14.1. The predicted octanol–water partition coefficient (Wildman–Crippen LogP) is 5.94. The molecule has 5 N–H and O–H groups in total. The second-order valence-electron chi connectivity index (χ2n) is 11.0. The predicted molar refractivity (Wildman–Crippen MR) is 215 cm³/mol. The lowest BCUT2D eigenvalue weighted by atomic mass is 9.80. The van der Waals surface area contributed by atoms with Crippen LogP contribution in [0.25, 0.3) is 11.1 Å². The number of aliphatic hydroxyl groups excluding tert-OH is 2. The second kappa shape index (κ2) is 21.9. The van der Waals surface area contributed by atoms with Crippen molar-refractivity contribution in [3.8, 4) is 22.6 Å². The third-order valence-electron chi connectivity index (χ3n) is 7.07. The summed E-state index contributed by atoms with van der Waals surface area (Å²) in [7, 11) is -1.46. The molecule has 0 atom stereocenters. The van der Waals surface area contributed by atoms with E-state index in [1.165, 1.54) is 28.1 Å². The number of rotatable bonds is 13. The Kier molecular flexibility index (Phi) is 17.0. The summed E-state index contributed by atoms with van der Waals surface area (Å²) in [6.45, 7) is 2.64. The van der Waals surface area contributed by atoms with Crippen molar-refractivity contribution in [3.63, 3.8) is 0 Å². The van der Waals surface area contributed by atoms with Crippen LogP contribution >= 0.6 is 45.3 Å². The van der Waals surface area contributed by atoms with Crippen LogP contribution in [0.5, 0.6) is 11.5 Å². The van der Waals surface area contributed by atoms with Crippen LogP contribution in [-0.4, -0.2) is 61.0 Å². The van der Waals surface area contributed by atoms with Gasteiger partial charge in [-0.3, -0.25) is 0 Å². The van der Waals surface area contributed by atoms with Crippen LogP contribution in [-0.2, 0) is 31.2 Å². The van der Waals surface area contributed by atoms with E-state index in [2.05, 4.69) is 32.6 Å². The first-order chi connectivity index (χ1) is 26.1. The molecule has 0 spiro atoms. The molecule has 6 aromatic rings. The van der Waals surface area contributed by atoms with E-state index >= 15 is 0 Å². The van der Waals surface area contributed by atoms with Crippen molar-refractivity contribution in [3.05, 3.63) is 144 Å². The smallest absolute Gasteiger partial charge is 0.486 e. The molecule has 4 aromatic carbocycles. The third kappa shape index (κ3) is 13.6. The number of aromatic nitrogens is 2. The lowest BCUT2D eigenvalue weighted by Gasteiger charge is -2.07. The Bertz CT molecular complexity index is 2080. The van der Waals surface area contributed by atoms with E-state index in [4.69, 9.17) is 34.5 Å². The minimum absolute atomic E-state index is 0.0151. The Morgan fingerprint density at radius 2 is 1.26 bits per heavy atom. The van der Waals surface area contributed by atoms with Crippen LogP contribution in [0, 0.1) is 3.57 Å². The molecule has 0 saturated heterocycles. The summed E-state index contributed by atoms with van der Waals surface area (Å²) in [5.74, 6) is 0.0451. The molecule has 6 rings (SSSR count). The fourth-order valence-corrected chi connectivity index (χ4v) is 6.13. The molecule has 0 aliphatic heterocycles. The number of carbonyl (C=O) groups excluding carboxylic acids is 1. The first kappa shape index (κ1) is 42.1. The molecule has 0 amide bonds. The molecule has 54 heavy (non-hydrogen) atoms. The number of ether oxygens (including phenoxy) is 3. The lowest BCUT2D eigenvalue weighted by molar-refractivity contribution is 0.0519. The normalized spacial score (nSPS) is 10.3. The monoisotopic (exact) mass is 882 g/mol. The zero-order valence-corrected chi connectivity index (χ0v) is 32.7. The minimum atomic E-state index is -1.46. The molecule has 0 radical (unpaired) electrons. The number of esters is 1. The van der Waals surface area contributed by atoms with Crippen LogP contribution in [0.1, 0.15) is 49.0 Å². The average Bonchev–Trinajstić information content (AvgIpc) is 3.89. The van der Waals surface area contributed by atoms with Gasteiger partial charge in [-0.2, -0.15) is 0 Å². The Balaban J connectivity index is 0.000000193. The van der Waals surface area contributed by atoms with Crippen LogP contribution < -0.4 is 14.9 Å². The van der Waals surface area contributed by atoms with Gasteiger partial charge in [0, 0.05) is 14.3 Å². The molecule has 16 heteroatoms. The van der Waals surface area contributed by atoms with Crippen molar-refractivity contribution >= 4 is 69.8 Å². The van der Waals surface area contributed by atoms with E-state index in [0.717, 1.165) is 31.0 Å². The van der Waals surface area contributed by atoms with Gasteiger partial charge in [0.2, 0.25) is 0 Å². The molecule has 0 saturated carbocycles. The Hall–Kier alpha value is -4.69. The zero-order valence-electron chi connectivity index (χ0n) is 28.9. The van der Waals surface area contributed by atoms with Crippen molar-refractivity contribution in [1.82, 2.24) is 9.97 Å². The summed E-state index contributed by atoms with van der Waals surface area (Å²) in [6, 6.07) is 29.6. The first-order valence-electron chi connectivity index (χ1n) is 16.2. The van der Waals surface area contributed by atoms with E-state index in [1.807, 2.05) is 72.8 Å². The van der Waals surface area contributed by atoms with Gasteiger partial charge < -0.3 is 39.6 Å². The fraction of sp³-hybridized carbons (Fsp3) is 0.158. The molecular weight excluding hydrogens is 846 g/mol. The molecule has 0 fully saturated rings. The van der Waals surface area contributed by atoms with Crippen LogP contribution in [0.15, 0.2) is 108 Å².